The summed E-state index contributed by atoms with van der Waals surface area (Å²) in [5, 5.41) is 4.48. The van der Waals surface area contributed by atoms with E-state index in [2.05, 4.69) is 27.2 Å². The van der Waals surface area contributed by atoms with Crippen molar-refractivity contribution < 1.29 is 0 Å². The summed E-state index contributed by atoms with van der Waals surface area (Å²) in [5.74, 6) is 3.12. The summed E-state index contributed by atoms with van der Waals surface area (Å²) >= 11 is 1.75. The lowest BCUT2D eigenvalue weighted by molar-refractivity contribution is 0.330. The van der Waals surface area contributed by atoms with Gasteiger partial charge < -0.3 is 11.1 Å². The van der Waals surface area contributed by atoms with Crippen LogP contribution in [0.4, 0.5) is 17.5 Å². The SMILES string of the molecule is C[C@@H]1CCCC[C@H]1c1nc2ccnc(Nc3cc(N)ncn3)c2s1. The highest BCUT2D eigenvalue weighted by atomic mass is 32.1. The Bertz CT molecular complexity index is 861. The van der Waals surface area contributed by atoms with Crippen LogP contribution in [-0.2, 0) is 0 Å². The molecule has 1 saturated carbocycles. The number of hydrogen-bond acceptors (Lipinski definition) is 7. The van der Waals surface area contributed by atoms with Crippen molar-refractivity contribution in [2.45, 2.75) is 38.5 Å². The van der Waals surface area contributed by atoms with Crippen molar-refractivity contribution >= 4 is 39.0 Å². The number of rotatable bonds is 3. The molecule has 0 aliphatic heterocycles. The second-order valence-electron chi connectivity index (χ2n) is 6.38. The van der Waals surface area contributed by atoms with Crippen molar-refractivity contribution in [2.24, 2.45) is 5.92 Å². The summed E-state index contributed by atoms with van der Waals surface area (Å²) in [5.41, 5.74) is 6.71. The Morgan fingerprint density at radius 1 is 1.21 bits per heavy atom. The largest absolute Gasteiger partial charge is 0.384 e. The third-order valence-corrected chi connectivity index (χ3v) is 5.89. The highest BCUT2D eigenvalue weighted by molar-refractivity contribution is 7.19. The number of nitrogens with zero attached hydrogens (tertiary/aromatic N) is 4. The first-order valence-corrected chi connectivity index (χ1v) is 9.12. The molecule has 0 unspecified atom stereocenters. The zero-order valence-electron chi connectivity index (χ0n) is 13.6. The van der Waals surface area contributed by atoms with E-state index in [-0.39, 0.29) is 0 Å². The van der Waals surface area contributed by atoms with E-state index in [1.54, 1.807) is 23.6 Å². The Morgan fingerprint density at radius 2 is 2.08 bits per heavy atom. The van der Waals surface area contributed by atoms with Gasteiger partial charge in [0.15, 0.2) is 5.82 Å². The van der Waals surface area contributed by atoms with Crippen LogP contribution >= 0.6 is 11.3 Å². The van der Waals surface area contributed by atoms with Crippen molar-refractivity contribution in [1.29, 1.82) is 0 Å². The number of aromatic nitrogens is 4. The maximum absolute atomic E-state index is 5.72. The fourth-order valence-corrected chi connectivity index (χ4v) is 4.64. The van der Waals surface area contributed by atoms with Crippen LogP contribution < -0.4 is 11.1 Å². The molecule has 1 aliphatic rings. The Morgan fingerprint density at radius 3 is 2.92 bits per heavy atom. The molecule has 0 radical (unpaired) electrons. The lowest BCUT2D eigenvalue weighted by Crippen LogP contribution is -2.14. The maximum Gasteiger partial charge on any atom is 0.151 e. The summed E-state index contributed by atoms with van der Waals surface area (Å²) < 4.78 is 1.07. The van der Waals surface area contributed by atoms with E-state index in [4.69, 9.17) is 10.7 Å². The molecule has 0 aromatic carbocycles. The minimum absolute atomic E-state index is 0.431. The second-order valence-corrected chi connectivity index (χ2v) is 7.41. The van der Waals surface area contributed by atoms with E-state index in [9.17, 15) is 0 Å². The Balaban J connectivity index is 1.69. The highest BCUT2D eigenvalue weighted by Gasteiger charge is 2.26. The second kappa shape index (κ2) is 6.32. The van der Waals surface area contributed by atoms with Gasteiger partial charge in [0.2, 0.25) is 0 Å². The maximum atomic E-state index is 5.72. The molecule has 0 bridgehead atoms. The van der Waals surface area contributed by atoms with E-state index in [1.165, 1.54) is 37.0 Å². The molecule has 1 aliphatic carbocycles. The molecular weight excluding hydrogens is 320 g/mol. The van der Waals surface area contributed by atoms with Gasteiger partial charge in [0.05, 0.1) is 15.2 Å². The summed E-state index contributed by atoms with van der Waals surface area (Å²) in [6.45, 7) is 2.34. The van der Waals surface area contributed by atoms with Gasteiger partial charge in [0.1, 0.15) is 18.0 Å². The van der Waals surface area contributed by atoms with E-state index in [0.29, 0.717) is 23.5 Å². The minimum atomic E-state index is 0.431. The first kappa shape index (κ1) is 15.3. The van der Waals surface area contributed by atoms with Crippen LogP contribution in [0.15, 0.2) is 24.7 Å². The van der Waals surface area contributed by atoms with Gasteiger partial charge in [-0.05, 0) is 18.4 Å². The van der Waals surface area contributed by atoms with Crippen LogP contribution in [0.2, 0.25) is 0 Å². The van der Waals surface area contributed by atoms with E-state index in [1.807, 2.05) is 6.07 Å². The van der Waals surface area contributed by atoms with E-state index < -0.39 is 0 Å². The van der Waals surface area contributed by atoms with Gasteiger partial charge >= 0.3 is 0 Å². The number of hydrogen-bond donors (Lipinski definition) is 2. The molecule has 0 saturated heterocycles. The minimum Gasteiger partial charge on any atom is -0.384 e. The molecule has 0 amide bonds. The van der Waals surface area contributed by atoms with Crippen molar-refractivity contribution in [2.75, 3.05) is 11.1 Å². The number of nitrogen functional groups attached to an aromatic ring is 1. The van der Waals surface area contributed by atoms with Crippen molar-refractivity contribution in [3.05, 3.63) is 29.7 Å². The molecule has 7 heteroatoms. The third kappa shape index (κ3) is 2.91. The summed E-state index contributed by atoms with van der Waals surface area (Å²) in [6, 6.07) is 3.67. The van der Waals surface area contributed by atoms with E-state index in [0.717, 1.165) is 16.0 Å². The molecule has 124 valence electrons. The number of nitrogens with two attached hydrogens (primary N) is 1. The zero-order valence-corrected chi connectivity index (χ0v) is 14.4. The van der Waals surface area contributed by atoms with Crippen molar-refractivity contribution in [3.63, 3.8) is 0 Å². The van der Waals surface area contributed by atoms with Crippen LogP contribution in [0, 0.1) is 5.92 Å². The molecule has 2 atom stereocenters. The normalized spacial score (nSPS) is 21.0. The quantitative estimate of drug-likeness (QED) is 0.746. The predicted molar refractivity (Wildman–Crippen MR) is 97.5 cm³/mol. The zero-order chi connectivity index (χ0) is 16.5. The number of anilines is 3. The average molecular weight is 340 g/mol. The standard InChI is InChI=1S/C17H20N6S/c1-10-4-2-3-5-11(10)17-22-12-6-7-19-16(15(12)24-17)23-14-8-13(18)20-9-21-14/h6-11H,2-5H2,1H3,(H3,18,19,20,21,23)/t10-,11-/m1/s1. The van der Waals surface area contributed by atoms with Crippen LogP contribution in [0.1, 0.15) is 43.5 Å². The first-order chi connectivity index (χ1) is 11.7. The van der Waals surface area contributed by atoms with Crippen LogP contribution in [0.5, 0.6) is 0 Å². The molecule has 0 spiro atoms. The molecule has 3 aromatic rings. The smallest absolute Gasteiger partial charge is 0.151 e. The van der Waals surface area contributed by atoms with Gasteiger partial charge in [0, 0.05) is 18.2 Å². The molecule has 24 heavy (non-hydrogen) atoms. The van der Waals surface area contributed by atoms with Gasteiger partial charge in [-0.25, -0.2) is 19.9 Å². The molecule has 6 nitrogen and oxygen atoms in total. The lowest BCUT2D eigenvalue weighted by Gasteiger charge is -2.26. The number of pyridine rings is 1. The van der Waals surface area contributed by atoms with Crippen LogP contribution in [0.3, 0.4) is 0 Å². The highest BCUT2D eigenvalue weighted by Crippen LogP contribution is 2.41. The summed E-state index contributed by atoms with van der Waals surface area (Å²) in [4.78, 5) is 17.5. The molecule has 1 fully saturated rings. The monoisotopic (exact) mass is 340 g/mol. The van der Waals surface area contributed by atoms with Crippen LogP contribution in [0.25, 0.3) is 10.2 Å². The Labute approximate surface area is 144 Å². The fourth-order valence-electron chi connectivity index (χ4n) is 3.37. The van der Waals surface area contributed by atoms with E-state index >= 15 is 0 Å². The van der Waals surface area contributed by atoms with Gasteiger partial charge in [-0.3, -0.25) is 0 Å². The van der Waals surface area contributed by atoms with Gasteiger partial charge in [-0.1, -0.05) is 26.2 Å². The molecule has 3 aromatic heterocycles. The lowest BCUT2D eigenvalue weighted by atomic mass is 9.81. The Hall–Kier alpha value is -2.28. The fraction of sp³-hybridized carbons (Fsp3) is 0.412. The van der Waals surface area contributed by atoms with Crippen molar-refractivity contribution in [3.8, 4) is 0 Å². The van der Waals surface area contributed by atoms with Crippen molar-refractivity contribution in [1.82, 2.24) is 19.9 Å². The first-order valence-electron chi connectivity index (χ1n) is 8.30. The summed E-state index contributed by atoms with van der Waals surface area (Å²) in [6.07, 6.45) is 8.40. The van der Waals surface area contributed by atoms with Gasteiger partial charge in [-0.15, -0.1) is 11.3 Å². The molecular formula is C17H20N6S. The number of fused-ring (bicyclic) bond motifs is 1. The molecule has 3 N–H and O–H groups in total. The topological polar surface area (TPSA) is 89.6 Å². The number of nitrogens with one attached hydrogen (secondary N) is 1. The Kier molecular flexibility index (Phi) is 4.02. The third-order valence-electron chi connectivity index (χ3n) is 4.68. The molecule has 3 heterocycles. The predicted octanol–water partition coefficient (Wildman–Crippen LogP) is 4.10. The van der Waals surface area contributed by atoms with Gasteiger partial charge in [0.25, 0.3) is 0 Å². The summed E-state index contributed by atoms with van der Waals surface area (Å²) in [7, 11) is 0. The molecule has 4 rings (SSSR count). The van der Waals surface area contributed by atoms with Crippen LogP contribution in [-0.4, -0.2) is 19.9 Å². The average Bonchev–Trinajstić information content (AvgIpc) is 3.00. The number of thiazole rings is 1. The van der Waals surface area contributed by atoms with Gasteiger partial charge in [-0.2, -0.15) is 0 Å².